The lowest BCUT2D eigenvalue weighted by atomic mass is 10.1. The maximum Gasteiger partial charge on any atom is 0.262 e. The van der Waals surface area contributed by atoms with Crippen molar-refractivity contribution in [2.24, 2.45) is 0 Å². The van der Waals surface area contributed by atoms with E-state index in [0.717, 1.165) is 23.9 Å². The van der Waals surface area contributed by atoms with Crippen molar-refractivity contribution in [2.75, 3.05) is 11.9 Å². The highest BCUT2D eigenvalue weighted by molar-refractivity contribution is 8.00. The van der Waals surface area contributed by atoms with E-state index in [9.17, 15) is 18.4 Å². The van der Waals surface area contributed by atoms with Crippen LogP contribution in [-0.4, -0.2) is 23.5 Å². The van der Waals surface area contributed by atoms with Gasteiger partial charge in [0.05, 0.1) is 10.9 Å². The van der Waals surface area contributed by atoms with Crippen LogP contribution in [0.4, 0.5) is 14.5 Å². The van der Waals surface area contributed by atoms with Gasteiger partial charge in [-0.3, -0.25) is 9.59 Å². The number of ketones is 1. The maximum absolute atomic E-state index is 13.7. The van der Waals surface area contributed by atoms with Crippen LogP contribution >= 0.6 is 11.8 Å². The summed E-state index contributed by atoms with van der Waals surface area (Å²) in [6, 6.07) is 7.97. The fraction of sp³-hybridized carbons (Fsp3) is 0.176. The van der Waals surface area contributed by atoms with E-state index in [-0.39, 0.29) is 23.2 Å². The van der Waals surface area contributed by atoms with E-state index in [0.29, 0.717) is 17.0 Å². The lowest BCUT2D eigenvalue weighted by Gasteiger charge is -2.19. The summed E-state index contributed by atoms with van der Waals surface area (Å²) in [4.78, 5) is 24.1. The molecule has 1 heterocycles. The van der Waals surface area contributed by atoms with Crippen molar-refractivity contribution in [1.29, 1.82) is 0 Å². The molecular weight excluding hydrogens is 336 g/mol. The smallest absolute Gasteiger partial charge is 0.262 e. The summed E-state index contributed by atoms with van der Waals surface area (Å²) >= 11 is 1.01. The molecule has 0 aromatic heterocycles. The zero-order valence-electron chi connectivity index (χ0n) is 12.6. The Morgan fingerprint density at radius 1 is 1.25 bits per heavy atom. The predicted octanol–water partition coefficient (Wildman–Crippen LogP) is 3.66. The highest BCUT2D eigenvalue weighted by Gasteiger charge is 2.22. The number of thioether (sulfide) groups is 1. The molecule has 4 nitrogen and oxygen atoms in total. The van der Waals surface area contributed by atoms with Gasteiger partial charge in [-0.25, -0.2) is 8.78 Å². The quantitative estimate of drug-likeness (QED) is 0.676. The van der Waals surface area contributed by atoms with Gasteiger partial charge in [-0.2, -0.15) is 0 Å². The number of hydrogen-bond donors (Lipinski definition) is 1. The van der Waals surface area contributed by atoms with Gasteiger partial charge in [0, 0.05) is 16.5 Å². The summed E-state index contributed by atoms with van der Waals surface area (Å²) in [5.41, 5.74) is 0.810. The number of Topliss-reactive ketones (excluding diaryl/α,β-unsaturated/α-hetero) is 1. The predicted molar refractivity (Wildman–Crippen MR) is 86.6 cm³/mol. The fourth-order valence-electron chi connectivity index (χ4n) is 2.29. The van der Waals surface area contributed by atoms with Crippen LogP contribution in [0, 0.1) is 11.6 Å². The van der Waals surface area contributed by atoms with Crippen LogP contribution in [0.3, 0.4) is 0 Å². The van der Waals surface area contributed by atoms with Gasteiger partial charge >= 0.3 is 0 Å². The molecule has 1 aliphatic rings. The Labute approximate surface area is 141 Å². The first kappa shape index (κ1) is 16.4. The van der Waals surface area contributed by atoms with Crippen LogP contribution < -0.4 is 10.1 Å². The first-order chi connectivity index (χ1) is 11.4. The van der Waals surface area contributed by atoms with Gasteiger partial charge < -0.3 is 10.1 Å². The molecule has 3 rings (SSSR count). The minimum Gasteiger partial charge on any atom is -0.482 e. The van der Waals surface area contributed by atoms with Crippen molar-refractivity contribution in [3.63, 3.8) is 0 Å². The van der Waals surface area contributed by atoms with E-state index in [2.05, 4.69) is 5.32 Å². The summed E-state index contributed by atoms with van der Waals surface area (Å²) < 4.78 is 31.9. The topological polar surface area (TPSA) is 55.4 Å². The first-order valence-electron chi connectivity index (χ1n) is 7.16. The van der Waals surface area contributed by atoms with Crippen molar-refractivity contribution >= 4 is 29.1 Å². The Hall–Kier alpha value is -2.41. The monoisotopic (exact) mass is 349 g/mol. The Bertz CT molecular complexity index is 825. The summed E-state index contributed by atoms with van der Waals surface area (Å²) in [7, 11) is 0. The summed E-state index contributed by atoms with van der Waals surface area (Å²) in [5, 5.41) is 2.05. The summed E-state index contributed by atoms with van der Waals surface area (Å²) in [5.74, 6) is -1.39. The lowest BCUT2D eigenvalue weighted by molar-refractivity contribution is -0.118. The van der Waals surface area contributed by atoms with Gasteiger partial charge in [-0.05, 0) is 37.3 Å². The van der Waals surface area contributed by atoms with E-state index in [1.807, 2.05) is 0 Å². The minimum atomic E-state index is -0.703. The molecule has 0 aliphatic carbocycles. The molecule has 0 radical (unpaired) electrons. The number of ether oxygens (including phenoxy) is 1. The molecule has 0 bridgehead atoms. The molecule has 0 saturated heterocycles. The van der Waals surface area contributed by atoms with Crippen LogP contribution in [0.5, 0.6) is 5.75 Å². The number of nitrogens with one attached hydrogen (secondary N) is 1. The van der Waals surface area contributed by atoms with Crippen molar-refractivity contribution in [3.8, 4) is 5.75 Å². The minimum absolute atomic E-state index is 0.0591. The van der Waals surface area contributed by atoms with Crippen molar-refractivity contribution in [3.05, 3.63) is 53.6 Å². The van der Waals surface area contributed by atoms with Crippen LogP contribution in [0.25, 0.3) is 0 Å². The van der Waals surface area contributed by atoms with Crippen molar-refractivity contribution in [2.45, 2.75) is 17.1 Å². The van der Waals surface area contributed by atoms with Crippen LogP contribution in [-0.2, 0) is 4.79 Å². The SMILES string of the molecule is CC(Sc1ccc(F)cc1F)C(=O)c1ccc2c(c1)NC(=O)CO2. The summed E-state index contributed by atoms with van der Waals surface area (Å²) in [6.07, 6.45) is 0. The third-order valence-electron chi connectivity index (χ3n) is 3.46. The molecule has 2 aromatic carbocycles. The fourth-order valence-corrected chi connectivity index (χ4v) is 3.23. The second kappa shape index (κ2) is 6.60. The highest BCUT2D eigenvalue weighted by Crippen LogP contribution is 2.32. The largest absolute Gasteiger partial charge is 0.482 e. The average Bonchev–Trinajstić information content (AvgIpc) is 2.56. The van der Waals surface area contributed by atoms with Crippen molar-refractivity contribution < 1.29 is 23.1 Å². The molecule has 0 fully saturated rings. The van der Waals surface area contributed by atoms with Crippen molar-refractivity contribution in [1.82, 2.24) is 0 Å². The molecule has 1 unspecified atom stereocenters. The molecule has 1 amide bonds. The highest BCUT2D eigenvalue weighted by atomic mass is 32.2. The number of fused-ring (bicyclic) bond motifs is 1. The molecule has 7 heteroatoms. The average molecular weight is 349 g/mol. The molecule has 124 valence electrons. The Kier molecular flexibility index (Phi) is 4.53. The number of carbonyl (C=O) groups is 2. The number of benzene rings is 2. The van der Waals surface area contributed by atoms with Gasteiger partial charge in [0.2, 0.25) is 0 Å². The van der Waals surface area contributed by atoms with Crippen LogP contribution in [0.15, 0.2) is 41.3 Å². The second-order valence-corrected chi connectivity index (χ2v) is 6.63. The lowest BCUT2D eigenvalue weighted by Crippen LogP contribution is -2.25. The number of halogens is 2. The number of rotatable bonds is 4. The Morgan fingerprint density at radius 2 is 2.04 bits per heavy atom. The third-order valence-corrected chi connectivity index (χ3v) is 4.62. The van der Waals surface area contributed by atoms with E-state index in [4.69, 9.17) is 4.74 Å². The number of carbonyl (C=O) groups excluding carboxylic acids is 2. The number of anilines is 1. The number of hydrogen-bond acceptors (Lipinski definition) is 4. The Balaban J connectivity index is 1.78. The third kappa shape index (κ3) is 3.41. The summed E-state index contributed by atoms with van der Waals surface area (Å²) in [6.45, 7) is 1.58. The number of amides is 1. The van der Waals surface area contributed by atoms with Gasteiger partial charge in [0.1, 0.15) is 17.4 Å². The standard InChI is InChI=1S/C17H13F2NO3S/c1-9(24-15-5-3-11(18)7-12(15)19)17(22)10-2-4-14-13(6-10)20-16(21)8-23-14/h2-7,9H,8H2,1H3,(H,20,21). The van der Waals surface area contributed by atoms with E-state index in [1.54, 1.807) is 19.1 Å². The molecule has 0 spiro atoms. The van der Waals surface area contributed by atoms with Gasteiger partial charge in [-0.1, -0.05) is 0 Å². The molecule has 1 aliphatic heterocycles. The van der Waals surface area contributed by atoms with Crippen LogP contribution in [0.1, 0.15) is 17.3 Å². The maximum atomic E-state index is 13.7. The molecule has 1 N–H and O–H groups in total. The molecular formula is C17H13F2NO3S. The van der Waals surface area contributed by atoms with E-state index < -0.39 is 16.9 Å². The van der Waals surface area contributed by atoms with Crippen LogP contribution in [0.2, 0.25) is 0 Å². The zero-order chi connectivity index (χ0) is 17.3. The molecule has 2 aromatic rings. The molecule has 1 atom stereocenters. The van der Waals surface area contributed by atoms with Gasteiger partial charge in [-0.15, -0.1) is 11.8 Å². The second-order valence-electron chi connectivity index (χ2n) is 5.25. The van der Waals surface area contributed by atoms with E-state index >= 15 is 0 Å². The van der Waals surface area contributed by atoms with E-state index in [1.165, 1.54) is 12.1 Å². The van der Waals surface area contributed by atoms with Gasteiger partial charge in [0.25, 0.3) is 5.91 Å². The molecule has 24 heavy (non-hydrogen) atoms. The Morgan fingerprint density at radius 3 is 2.79 bits per heavy atom. The van der Waals surface area contributed by atoms with Gasteiger partial charge in [0.15, 0.2) is 12.4 Å². The first-order valence-corrected chi connectivity index (χ1v) is 8.04. The molecule has 0 saturated carbocycles. The zero-order valence-corrected chi connectivity index (χ0v) is 13.5. The normalized spacial score (nSPS) is 14.4.